The molecule has 0 amide bonds. The van der Waals surface area contributed by atoms with Gasteiger partial charge in [0.2, 0.25) is 6.54 Å². The van der Waals surface area contributed by atoms with Crippen molar-refractivity contribution in [2.75, 3.05) is 26.4 Å². The summed E-state index contributed by atoms with van der Waals surface area (Å²) in [6, 6.07) is 9.88. The molecular weight excluding hydrogens is 678 g/mol. The van der Waals surface area contributed by atoms with Crippen LogP contribution in [0.15, 0.2) is 36.9 Å². The summed E-state index contributed by atoms with van der Waals surface area (Å²) < 4.78 is 28.3. The van der Waals surface area contributed by atoms with Crippen molar-refractivity contribution in [3.63, 3.8) is 0 Å². The first-order chi connectivity index (χ1) is 23.2. The Labute approximate surface area is 287 Å². The zero-order valence-electron chi connectivity index (χ0n) is 27.9. The van der Waals surface area contributed by atoms with Crippen LogP contribution in [0.5, 0.6) is 5.88 Å². The average molecular weight is 719 g/mol. The summed E-state index contributed by atoms with van der Waals surface area (Å²) in [5.41, 5.74) is 2.49. The lowest BCUT2D eigenvalue weighted by Gasteiger charge is -2.37. The fourth-order valence-corrected chi connectivity index (χ4v) is 7.37. The van der Waals surface area contributed by atoms with E-state index in [0.29, 0.717) is 54.8 Å². The number of para-hydroxylation sites is 1. The lowest BCUT2D eigenvalue weighted by molar-refractivity contribution is -0.0165. The van der Waals surface area contributed by atoms with Gasteiger partial charge in [0, 0.05) is 18.5 Å². The molecule has 0 radical (unpaired) electrons. The summed E-state index contributed by atoms with van der Waals surface area (Å²) in [6.45, 7) is 20.6. The van der Waals surface area contributed by atoms with Crippen molar-refractivity contribution in [2.45, 2.75) is 84.4 Å². The minimum atomic E-state index is -1.39. The SMILES string of the molecule is CP(Cl)OCCC#N.[C-]#[N+]CCOP(OC1C[C@H](n2cnc3c(On4nnc5ccccc54)ncnc32)O[C@@H]1CC)N(C(C)C)C(C)C. The molecule has 15 nitrogen and oxygen atoms in total. The zero-order chi connectivity index (χ0) is 34.6. The number of nitriles is 1. The highest BCUT2D eigenvalue weighted by molar-refractivity contribution is 7.79. The van der Waals surface area contributed by atoms with E-state index in [9.17, 15) is 0 Å². The second-order valence-corrected chi connectivity index (χ2v) is 15.1. The Balaban J connectivity index is 0.000000579. The van der Waals surface area contributed by atoms with Crippen molar-refractivity contribution in [1.82, 2.24) is 39.3 Å². The van der Waals surface area contributed by atoms with Crippen molar-refractivity contribution < 1.29 is 23.1 Å². The summed E-state index contributed by atoms with van der Waals surface area (Å²) in [4.78, 5) is 24.1. The third-order valence-corrected chi connectivity index (χ3v) is 10.1. The maximum atomic E-state index is 8.01. The maximum absolute atomic E-state index is 8.01. The van der Waals surface area contributed by atoms with Crippen molar-refractivity contribution >= 4 is 49.5 Å². The van der Waals surface area contributed by atoms with Crippen molar-refractivity contribution in [3.8, 4) is 11.9 Å². The molecule has 48 heavy (non-hydrogen) atoms. The Hall–Kier alpha value is -3.10. The molecule has 5 atom stereocenters. The first-order valence-electron chi connectivity index (χ1n) is 15.6. The van der Waals surface area contributed by atoms with Gasteiger partial charge in [0.25, 0.3) is 14.4 Å². The molecule has 3 unspecified atom stereocenters. The molecule has 1 fully saturated rings. The summed E-state index contributed by atoms with van der Waals surface area (Å²) in [5, 5.41) is 16.2. The number of fused-ring (bicyclic) bond motifs is 2. The van der Waals surface area contributed by atoms with E-state index in [0.717, 1.165) is 6.42 Å². The Morgan fingerprint density at radius 3 is 2.62 bits per heavy atom. The number of hydrogen-bond donors (Lipinski definition) is 0. The Bertz CT molecular complexity index is 1670. The number of imidazole rings is 1. The standard InChI is InChI=1S/C26H34N9O4P.C4H7ClNOP/c1-7-21-22(39-40(36-13-12-27-6)34(17(2)3)18(4)5)14-23(37-21)33-16-30-24-25(33)28-15-29-26(24)38-35-20-11-9-8-10-19(20)31-32-35;1-8(5)7-4-2-3-6/h8-11,15-18,21-23H,7,12-14H2,1-5H3;2,4H2,1H3/t21-,22?,23-,40?;/m1./s1. The van der Waals surface area contributed by atoms with Gasteiger partial charge in [-0.25, -0.2) is 21.2 Å². The molecule has 4 heterocycles. The second kappa shape index (κ2) is 18.6. The van der Waals surface area contributed by atoms with Gasteiger partial charge in [0.05, 0.1) is 37.6 Å². The first kappa shape index (κ1) is 37.7. The molecule has 4 aromatic rings. The number of aromatic nitrogens is 7. The summed E-state index contributed by atoms with van der Waals surface area (Å²) in [5.74, 6) is 0.262. The zero-order valence-corrected chi connectivity index (χ0v) is 30.4. The minimum Gasteiger partial charge on any atom is -0.352 e. The predicted molar refractivity (Wildman–Crippen MR) is 184 cm³/mol. The van der Waals surface area contributed by atoms with Gasteiger partial charge >= 0.3 is 0 Å². The second-order valence-electron chi connectivity index (χ2n) is 11.1. The predicted octanol–water partition coefficient (Wildman–Crippen LogP) is 6.87. The van der Waals surface area contributed by atoms with E-state index in [1.54, 1.807) is 13.0 Å². The topological polar surface area (TPSA) is 152 Å². The number of ether oxygens (including phenoxy) is 1. The van der Waals surface area contributed by atoms with E-state index in [4.69, 9.17) is 46.2 Å². The van der Waals surface area contributed by atoms with Crippen LogP contribution in [0.4, 0.5) is 0 Å². The van der Waals surface area contributed by atoms with E-state index in [2.05, 4.69) is 69.4 Å². The van der Waals surface area contributed by atoms with Crippen molar-refractivity contribution in [3.05, 3.63) is 48.3 Å². The molecule has 0 N–H and O–H groups in total. The lowest BCUT2D eigenvalue weighted by Crippen LogP contribution is -2.35. The van der Waals surface area contributed by atoms with Crippen LogP contribution in [-0.2, 0) is 18.3 Å². The van der Waals surface area contributed by atoms with Crippen molar-refractivity contribution in [1.29, 1.82) is 5.26 Å². The summed E-state index contributed by atoms with van der Waals surface area (Å²) >= 11 is 5.45. The first-order valence-corrected chi connectivity index (χ1v) is 19.3. The molecule has 18 heteroatoms. The normalized spacial score (nSPS) is 19.0. The number of nitrogens with zero attached hydrogens (tertiary/aromatic N) is 10. The van der Waals surface area contributed by atoms with Crippen LogP contribution in [-0.4, -0.2) is 90.1 Å². The highest BCUT2D eigenvalue weighted by Crippen LogP contribution is 2.50. The monoisotopic (exact) mass is 718 g/mol. The van der Waals surface area contributed by atoms with Gasteiger partial charge in [0.15, 0.2) is 11.2 Å². The molecule has 0 spiro atoms. The van der Waals surface area contributed by atoms with Gasteiger partial charge in [-0.3, -0.25) is 4.57 Å². The molecule has 3 aromatic heterocycles. The lowest BCUT2D eigenvalue weighted by atomic mass is 10.1. The third-order valence-electron chi connectivity index (χ3n) is 7.07. The van der Waals surface area contributed by atoms with Crippen molar-refractivity contribution in [2.24, 2.45) is 0 Å². The van der Waals surface area contributed by atoms with Gasteiger partial charge < -0.3 is 28.0 Å². The van der Waals surface area contributed by atoms with Gasteiger partial charge in [0.1, 0.15) is 37.7 Å². The van der Waals surface area contributed by atoms with Crippen LogP contribution in [0.25, 0.3) is 27.0 Å². The number of rotatable bonds is 15. The van der Waals surface area contributed by atoms with Gasteiger partial charge in [-0.05, 0) is 58.1 Å². The molecule has 1 aliphatic rings. The molecule has 0 aliphatic carbocycles. The van der Waals surface area contributed by atoms with Crippen LogP contribution >= 0.6 is 27.3 Å². The van der Waals surface area contributed by atoms with Gasteiger partial charge in [-0.1, -0.05) is 35.1 Å². The van der Waals surface area contributed by atoms with Gasteiger partial charge in [-0.2, -0.15) is 10.2 Å². The summed E-state index contributed by atoms with van der Waals surface area (Å²) in [7, 11) is -2.18. The highest BCUT2D eigenvalue weighted by atomic mass is 35.7. The molecule has 1 saturated heterocycles. The van der Waals surface area contributed by atoms with Crippen LogP contribution in [0.2, 0.25) is 0 Å². The maximum Gasteiger partial charge on any atom is 0.280 e. The molecular formula is C30H41ClN10O5P2. The van der Waals surface area contributed by atoms with Crippen LogP contribution in [0.1, 0.15) is 60.1 Å². The number of hydrogen-bond acceptors (Lipinski definition) is 12. The third kappa shape index (κ3) is 9.75. The Morgan fingerprint density at radius 1 is 1.17 bits per heavy atom. The van der Waals surface area contributed by atoms with Crippen LogP contribution in [0, 0.1) is 17.9 Å². The molecule has 0 bridgehead atoms. The van der Waals surface area contributed by atoms with E-state index in [-0.39, 0.29) is 36.4 Å². The fraction of sp³-hybridized carbons (Fsp3) is 0.567. The number of halogens is 1. The average Bonchev–Trinajstić information content (AvgIpc) is 3.78. The molecule has 258 valence electrons. The van der Waals surface area contributed by atoms with Gasteiger partial charge in [-0.15, -0.1) is 5.10 Å². The Kier molecular flexibility index (Phi) is 14.6. The van der Waals surface area contributed by atoms with E-state index < -0.39 is 16.0 Å². The highest BCUT2D eigenvalue weighted by Gasteiger charge is 2.41. The fourth-order valence-electron chi connectivity index (χ4n) is 5.07. The largest absolute Gasteiger partial charge is 0.352 e. The molecule has 1 aromatic carbocycles. The van der Waals surface area contributed by atoms with E-state index in [1.807, 2.05) is 34.9 Å². The minimum absolute atomic E-state index is 0.142. The molecule has 1 aliphatic heterocycles. The quantitative estimate of drug-likeness (QED) is 0.0716. The van der Waals surface area contributed by atoms with E-state index in [1.165, 1.54) is 11.2 Å². The molecule has 0 saturated carbocycles. The van der Waals surface area contributed by atoms with E-state index >= 15 is 0 Å². The Morgan fingerprint density at radius 2 is 1.94 bits per heavy atom. The van der Waals surface area contributed by atoms with Crippen LogP contribution in [0.3, 0.4) is 0 Å². The summed E-state index contributed by atoms with van der Waals surface area (Å²) in [6.07, 6.45) is 4.22. The van der Waals surface area contributed by atoms with Crippen LogP contribution < -0.4 is 4.84 Å². The smallest absolute Gasteiger partial charge is 0.280 e. The molecule has 5 rings (SSSR count). The number of benzene rings is 1.